The lowest BCUT2D eigenvalue weighted by molar-refractivity contribution is -0.122. The number of aromatic amines is 1. The Balaban J connectivity index is 1.41. The summed E-state index contributed by atoms with van der Waals surface area (Å²) >= 11 is 0. The summed E-state index contributed by atoms with van der Waals surface area (Å²) in [7, 11) is 0. The van der Waals surface area contributed by atoms with Gasteiger partial charge in [-0.25, -0.2) is 4.98 Å². The smallest absolute Gasteiger partial charge is 0.241 e. The number of benzene rings is 1. The highest BCUT2D eigenvalue weighted by molar-refractivity contribution is 5.97. The Labute approximate surface area is 213 Å². The van der Waals surface area contributed by atoms with Crippen molar-refractivity contribution in [1.29, 1.82) is 0 Å². The number of aromatic nitrogens is 4. The molecule has 10 nitrogen and oxygen atoms in total. The molecule has 5 rings (SSSR count). The Morgan fingerprint density at radius 3 is 2.76 bits per heavy atom. The SMILES string of the molecule is O=C(Cn1cc(-c2ccnc3[nH]ccc23)c(-c2ccc(NC(O)NC3=CCCC=C3)cc2)n1)NCCO. The van der Waals surface area contributed by atoms with Gasteiger partial charge in [0.25, 0.3) is 0 Å². The van der Waals surface area contributed by atoms with Gasteiger partial charge in [0.2, 0.25) is 12.3 Å². The summed E-state index contributed by atoms with van der Waals surface area (Å²) in [6.45, 7) is 0.0930. The molecule has 4 aromatic rings. The number of amides is 1. The van der Waals surface area contributed by atoms with Gasteiger partial charge in [0.15, 0.2) is 0 Å². The number of pyridine rings is 1. The summed E-state index contributed by atoms with van der Waals surface area (Å²) in [5, 5.41) is 33.8. The van der Waals surface area contributed by atoms with Crippen molar-refractivity contribution in [2.45, 2.75) is 25.7 Å². The van der Waals surface area contributed by atoms with Crippen molar-refractivity contribution >= 4 is 22.6 Å². The van der Waals surface area contributed by atoms with Crippen LogP contribution in [0, 0.1) is 0 Å². The number of carbonyl (C=O) groups excluding carboxylic acids is 1. The average molecular weight is 500 g/mol. The van der Waals surface area contributed by atoms with E-state index in [0.29, 0.717) is 5.69 Å². The standard InChI is InChI=1S/C27H29N7O3/c35-15-14-28-24(36)17-34-16-23(21-10-12-29-26-22(21)11-13-30-26)25(33-34)18-6-8-20(9-7-18)32-27(37)31-19-4-2-1-3-5-19/h2,4-13,16,27,31-32,35,37H,1,3,14-15,17H2,(H,28,36)(H,29,30). The first-order valence-corrected chi connectivity index (χ1v) is 12.2. The highest BCUT2D eigenvalue weighted by Gasteiger charge is 2.17. The third-order valence-electron chi connectivity index (χ3n) is 6.01. The lowest BCUT2D eigenvalue weighted by Gasteiger charge is -2.19. The molecule has 0 saturated heterocycles. The third-order valence-corrected chi connectivity index (χ3v) is 6.01. The Morgan fingerprint density at radius 2 is 1.97 bits per heavy atom. The predicted molar refractivity (Wildman–Crippen MR) is 142 cm³/mol. The van der Waals surface area contributed by atoms with Crippen LogP contribution in [0.15, 0.2) is 78.9 Å². The summed E-state index contributed by atoms with van der Waals surface area (Å²) in [5.74, 6) is -0.236. The van der Waals surface area contributed by atoms with Crippen molar-refractivity contribution in [3.63, 3.8) is 0 Å². The Kier molecular flexibility index (Phi) is 7.29. The van der Waals surface area contributed by atoms with Crippen LogP contribution in [0.4, 0.5) is 5.69 Å². The average Bonchev–Trinajstić information content (AvgIpc) is 3.56. The maximum absolute atomic E-state index is 12.3. The van der Waals surface area contributed by atoms with E-state index in [1.165, 1.54) is 0 Å². The molecule has 1 aromatic carbocycles. The number of hydrogen-bond donors (Lipinski definition) is 6. The van der Waals surface area contributed by atoms with Gasteiger partial charge in [0.1, 0.15) is 17.9 Å². The largest absolute Gasteiger partial charge is 0.395 e. The van der Waals surface area contributed by atoms with Gasteiger partial charge in [-0.05, 0) is 48.7 Å². The van der Waals surface area contributed by atoms with Crippen LogP contribution in [0.2, 0.25) is 0 Å². The lowest BCUT2D eigenvalue weighted by Crippen LogP contribution is -2.35. The molecule has 1 aliphatic carbocycles. The fraction of sp³-hybridized carbons (Fsp3) is 0.222. The number of allylic oxidation sites excluding steroid dienone is 3. The summed E-state index contributed by atoms with van der Waals surface area (Å²) in [6, 6.07) is 11.5. The Hall–Kier alpha value is -4.41. The molecule has 10 heteroatoms. The van der Waals surface area contributed by atoms with E-state index < -0.39 is 6.35 Å². The normalized spacial score (nSPS) is 13.8. The van der Waals surface area contributed by atoms with Crippen LogP contribution >= 0.6 is 0 Å². The topological polar surface area (TPSA) is 140 Å². The Bertz CT molecular complexity index is 1440. The van der Waals surface area contributed by atoms with Gasteiger partial charge < -0.3 is 31.1 Å². The number of hydrogen-bond acceptors (Lipinski definition) is 7. The van der Waals surface area contributed by atoms with Crippen LogP contribution in [0.25, 0.3) is 33.4 Å². The lowest BCUT2D eigenvalue weighted by atomic mass is 10.0. The molecule has 0 bridgehead atoms. The molecule has 0 radical (unpaired) electrons. The number of anilines is 1. The molecule has 1 aliphatic rings. The molecule has 37 heavy (non-hydrogen) atoms. The summed E-state index contributed by atoms with van der Waals surface area (Å²) in [5.41, 5.74) is 5.77. The van der Waals surface area contributed by atoms with Gasteiger partial charge in [0.05, 0.1) is 6.61 Å². The van der Waals surface area contributed by atoms with Crippen LogP contribution in [0.5, 0.6) is 0 Å². The second-order valence-corrected chi connectivity index (χ2v) is 8.67. The zero-order valence-corrected chi connectivity index (χ0v) is 20.2. The van der Waals surface area contributed by atoms with Crippen molar-refractivity contribution in [2.24, 2.45) is 0 Å². The van der Waals surface area contributed by atoms with E-state index in [-0.39, 0.29) is 25.6 Å². The van der Waals surface area contributed by atoms with E-state index in [1.807, 2.05) is 54.9 Å². The number of fused-ring (bicyclic) bond motifs is 1. The summed E-state index contributed by atoms with van der Waals surface area (Å²) in [6.07, 6.45) is 12.5. The summed E-state index contributed by atoms with van der Waals surface area (Å²) < 4.78 is 1.60. The highest BCUT2D eigenvalue weighted by atomic mass is 16.3. The monoisotopic (exact) mass is 499 g/mol. The van der Waals surface area contributed by atoms with E-state index in [0.717, 1.165) is 51.9 Å². The third kappa shape index (κ3) is 5.71. The van der Waals surface area contributed by atoms with Crippen LogP contribution in [-0.2, 0) is 11.3 Å². The molecule has 190 valence electrons. The van der Waals surface area contributed by atoms with Gasteiger partial charge in [-0.3, -0.25) is 9.48 Å². The van der Waals surface area contributed by atoms with Crippen molar-refractivity contribution in [2.75, 3.05) is 18.5 Å². The van der Waals surface area contributed by atoms with Crippen LogP contribution in [0.1, 0.15) is 12.8 Å². The van der Waals surface area contributed by atoms with E-state index >= 15 is 0 Å². The zero-order valence-electron chi connectivity index (χ0n) is 20.2. The maximum atomic E-state index is 12.3. The van der Waals surface area contributed by atoms with Gasteiger partial charge in [-0.15, -0.1) is 0 Å². The quantitative estimate of drug-likeness (QED) is 0.184. The highest BCUT2D eigenvalue weighted by Crippen LogP contribution is 2.35. The number of carbonyl (C=O) groups is 1. The molecule has 0 fully saturated rings. The minimum absolute atomic E-state index is 0.0240. The maximum Gasteiger partial charge on any atom is 0.241 e. The molecule has 0 saturated carbocycles. The van der Waals surface area contributed by atoms with E-state index in [1.54, 1.807) is 10.9 Å². The first-order chi connectivity index (χ1) is 18.1. The van der Waals surface area contributed by atoms with Crippen molar-refractivity contribution in [3.05, 3.63) is 78.9 Å². The van der Waals surface area contributed by atoms with Gasteiger partial charge in [-0.2, -0.15) is 5.10 Å². The van der Waals surface area contributed by atoms with Crippen molar-refractivity contribution in [3.8, 4) is 22.4 Å². The molecule has 3 aromatic heterocycles. The second-order valence-electron chi connectivity index (χ2n) is 8.67. The number of rotatable bonds is 10. The zero-order chi connectivity index (χ0) is 25.6. The summed E-state index contributed by atoms with van der Waals surface area (Å²) in [4.78, 5) is 19.8. The molecule has 0 spiro atoms. The molecule has 1 unspecified atom stereocenters. The minimum Gasteiger partial charge on any atom is -0.395 e. The second kappa shape index (κ2) is 11.1. The van der Waals surface area contributed by atoms with Gasteiger partial charge in [-0.1, -0.05) is 24.3 Å². The molecule has 1 atom stereocenters. The molecular formula is C27H29N7O3. The van der Waals surface area contributed by atoms with Crippen LogP contribution in [-0.4, -0.2) is 55.4 Å². The number of aliphatic hydroxyl groups is 2. The minimum atomic E-state index is -0.939. The van der Waals surface area contributed by atoms with Crippen LogP contribution < -0.4 is 16.0 Å². The molecule has 3 heterocycles. The van der Waals surface area contributed by atoms with Gasteiger partial charge >= 0.3 is 0 Å². The first kappa shape index (κ1) is 24.3. The van der Waals surface area contributed by atoms with E-state index in [4.69, 9.17) is 10.2 Å². The van der Waals surface area contributed by atoms with Crippen LogP contribution in [0.3, 0.4) is 0 Å². The number of nitrogens with zero attached hydrogens (tertiary/aromatic N) is 3. The number of H-pyrrole nitrogens is 1. The van der Waals surface area contributed by atoms with Crippen molar-refractivity contribution in [1.82, 2.24) is 30.4 Å². The molecular weight excluding hydrogens is 470 g/mol. The Morgan fingerprint density at radius 1 is 1.11 bits per heavy atom. The first-order valence-electron chi connectivity index (χ1n) is 12.2. The molecule has 0 aliphatic heterocycles. The van der Waals surface area contributed by atoms with E-state index in [2.05, 4.69) is 38.1 Å². The number of nitrogens with one attached hydrogen (secondary N) is 4. The fourth-order valence-electron chi connectivity index (χ4n) is 4.30. The number of aliphatic hydroxyl groups excluding tert-OH is 2. The van der Waals surface area contributed by atoms with Crippen molar-refractivity contribution < 1.29 is 15.0 Å². The molecule has 1 amide bonds. The fourth-order valence-corrected chi connectivity index (χ4v) is 4.30. The molecule has 6 N–H and O–H groups in total. The van der Waals surface area contributed by atoms with Gasteiger partial charge in [0, 0.05) is 53.0 Å². The van der Waals surface area contributed by atoms with E-state index in [9.17, 15) is 9.90 Å². The predicted octanol–water partition coefficient (Wildman–Crippen LogP) is 2.71.